The molecule has 1 saturated heterocycles. The largest absolute Gasteiger partial charge is 0.491 e. The van der Waals surface area contributed by atoms with Gasteiger partial charge < -0.3 is 19.7 Å². The summed E-state index contributed by atoms with van der Waals surface area (Å²) in [7, 11) is 1.63. The monoisotopic (exact) mass is 368 g/mol. The zero-order chi connectivity index (χ0) is 18.9. The van der Waals surface area contributed by atoms with Crippen molar-refractivity contribution in [1.82, 2.24) is 0 Å². The molecule has 0 aromatic heterocycles. The molecule has 1 amide bonds. The molecule has 5 nitrogen and oxygen atoms in total. The molecule has 0 saturated carbocycles. The number of para-hydroxylation sites is 2. The van der Waals surface area contributed by atoms with Gasteiger partial charge in [-0.15, -0.1) is 0 Å². The van der Waals surface area contributed by atoms with Crippen LogP contribution in [0, 0.1) is 0 Å². The minimum absolute atomic E-state index is 0.130. The molecule has 1 heterocycles. The lowest BCUT2D eigenvalue weighted by Crippen LogP contribution is -2.25. The third-order valence-corrected chi connectivity index (χ3v) is 4.75. The molecule has 144 valence electrons. The predicted octanol–water partition coefficient (Wildman–Crippen LogP) is 4.34. The van der Waals surface area contributed by atoms with Crippen LogP contribution in [-0.4, -0.2) is 39.3 Å². The van der Waals surface area contributed by atoms with Crippen LogP contribution in [0.25, 0.3) is 0 Å². The maximum absolute atomic E-state index is 12.8. The fraction of sp³-hybridized carbons (Fsp3) is 0.409. The van der Waals surface area contributed by atoms with Gasteiger partial charge in [0.05, 0.1) is 18.0 Å². The highest BCUT2D eigenvalue weighted by Crippen LogP contribution is 2.28. The Balaban J connectivity index is 1.71. The van der Waals surface area contributed by atoms with Crippen LogP contribution in [0.15, 0.2) is 48.5 Å². The van der Waals surface area contributed by atoms with E-state index in [1.165, 1.54) is 25.7 Å². The third kappa shape index (κ3) is 5.47. The van der Waals surface area contributed by atoms with Crippen LogP contribution < -0.4 is 15.0 Å². The molecule has 0 unspecified atom stereocenters. The number of methoxy groups -OCH3 is 1. The second-order valence-corrected chi connectivity index (χ2v) is 6.74. The van der Waals surface area contributed by atoms with E-state index in [9.17, 15) is 4.79 Å². The second-order valence-electron chi connectivity index (χ2n) is 6.74. The average Bonchev–Trinajstić information content (AvgIpc) is 2.98. The molecule has 0 bridgehead atoms. The van der Waals surface area contributed by atoms with Crippen molar-refractivity contribution < 1.29 is 14.3 Å². The molecular weight excluding hydrogens is 340 g/mol. The molecule has 0 aliphatic carbocycles. The van der Waals surface area contributed by atoms with Crippen molar-refractivity contribution >= 4 is 17.3 Å². The van der Waals surface area contributed by atoms with E-state index in [0.29, 0.717) is 24.5 Å². The number of carbonyl (C=O) groups is 1. The van der Waals surface area contributed by atoms with Crippen molar-refractivity contribution in [3.05, 3.63) is 54.1 Å². The fourth-order valence-corrected chi connectivity index (χ4v) is 3.33. The molecule has 1 aliphatic rings. The highest BCUT2D eigenvalue weighted by atomic mass is 16.5. The number of anilines is 2. The Bertz CT molecular complexity index is 740. The van der Waals surface area contributed by atoms with Crippen LogP contribution in [0.5, 0.6) is 5.75 Å². The van der Waals surface area contributed by atoms with E-state index >= 15 is 0 Å². The standard InChI is InChI=1S/C22H28N2O3/c1-26-15-16-27-19-10-8-9-18(17-19)22(25)23-20-11-4-5-12-21(20)24-13-6-2-3-7-14-24/h4-5,8-12,17H,2-3,6-7,13-16H2,1H3,(H,23,25). The summed E-state index contributed by atoms with van der Waals surface area (Å²) in [4.78, 5) is 15.2. The number of benzene rings is 2. The summed E-state index contributed by atoms with van der Waals surface area (Å²) in [5, 5.41) is 3.08. The Hall–Kier alpha value is -2.53. The third-order valence-electron chi connectivity index (χ3n) is 4.75. The highest BCUT2D eigenvalue weighted by molar-refractivity contribution is 6.06. The Kier molecular flexibility index (Phi) is 7.11. The molecule has 27 heavy (non-hydrogen) atoms. The number of rotatable bonds is 7. The smallest absolute Gasteiger partial charge is 0.255 e. The van der Waals surface area contributed by atoms with Crippen molar-refractivity contribution in [3.63, 3.8) is 0 Å². The summed E-state index contributed by atoms with van der Waals surface area (Å²) in [5.41, 5.74) is 2.53. The van der Waals surface area contributed by atoms with E-state index in [1.54, 1.807) is 19.2 Å². The molecule has 0 radical (unpaired) electrons. The first kappa shape index (κ1) is 19.2. The van der Waals surface area contributed by atoms with E-state index < -0.39 is 0 Å². The van der Waals surface area contributed by atoms with Gasteiger partial charge in [0.2, 0.25) is 0 Å². The van der Waals surface area contributed by atoms with Crippen LogP contribution in [0.3, 0.4) is 0 Å². The zero-order valence-corrected chi connectivity index (χ0v) is 15.9. The highest BCUT2D eigenvalue weighted by Gasteiger charge is 2.15. The van der Waals surface area contributed by atoms with Gasteiger partial charge in [0, 0.05) is 25.8 Å². The van der Waals surface area contributed by atoms with E-state index in [2.05, 4.69) is 16.3 Å². The molecule has 2 aromatic carbocycles. The first-order valence-electron chi connectivity index (χ1n) is 9.65. The van der Waals surface area contributed by atoms with Gasteiger partial charge >= 0.3 is 0 Å². The summed E-state index contributed by atoms with van der Waals surface area (Å²) in [6.07, 6.45) is 4.95. The quantitative estimate of drug-likeness (QED) is 0.739. The van der Waals surface area contributed by atoms with E-state index in [-0.39, 0.29) is 5.91 Å². The van der Waals surface area contributed by atoms with Crippen molar-refractivity contribution in [2.75, 3.05) is 43.6 Å². The second kappa shape index (κ2) is 9.97. The van der Waals surface area contributed by atoms with Crippen molar-refractivity contribution in [1.29, 1.82) is 0 Å². The molecule has 1 fully saturated rings. The SMILES string of the molecule is COCCOc1cccc(C(=O)Nc2ccccc2N2CCCCCC2)c1. The van der Waals surface area contributed by atoms with Gasteiger partial charge in [-0.3, -0.25) is 4.79 Å². The van der Waals surface area contributed by atoms with Gasteiger partial charge in [-0.25, -0.2) is 0 Å². The van der Waals surface area contributed by atoms with Gasteiger partial charge in [0.15, 0.2) is 0 Å². The Morgan fingerprint density at radius 1 is 1.00 bits per heavy atom. The average molecular weight is 368 g/mol. The van der Waals surface area contributed by atoms with Crippen LogP contribution in [0.2, 0.25) is 0 Å². The fourth-order valence-electron chi connectivity index (χ4n) is 3.33. The molecule has 2 aromatic rings. The van der Waals surface area contributed by atoms with Gasteiger partial charge in [-0.05, 0) is 43.2 Å². The van der Waals surface area contributed by atoms with Crippen LogP contribution in [0.1, 0.15) is 36.0 Å². The Morgan fingerprint density at radius 3 is 2.56 bits per heavy atom. The number of hydrogen-bond donors (Lipinski definition) is 1. The minimum Gasteiger partial charge on any atom is -0.491 e. The summed E-state index contributed by atoms with van der Waals surface area (Å²) in [6.45, 7) is 3.05. The van der Waals surface area contributed by atoms with Crippen LogP contribution >= 0.6 is 0 Å². The van der Waals surface area contributed by atoms with Crippen molar-refractivity contribution in [3.8, 4) is 5.75 Å². The zero-order valence-electron chi connectivity index (χ0n) is 15.9. The number of nitrogens with zero attached hydrogens (tertiary/aromatic N) is 1. The Morgan fingerprint density at radius 2 is 1.78 bits per heavy atom. The molecule has 0 spiro atoms. The van der Waals surface area contributed by atoms with Gasteiger partial charge in [0.25, 0.3) is 5.91 Å². The number of carbonyl (C=O) groups excluding carboxylic acids is 1. The van der Waals surface area contributed by atoms with E-state index in [0.717, 1.165) is 24.5 Å². The Labute approximate surface area is 161 Å². The summed E-state index contributed by atoms with van der Waals surface area (Å²) >= 11 is 0. The number of ether oxygens (including phenoxy) is 2. The first-order chi connectivity index (χ1) is 13.3. The minimum atomic E-state index is -0.130. The maximum atomic E-state index is 12.8. The van der Waals surface area contributed by atoms with Crippen LogP contribution in [0.4, 0.5) is 11.4 Å². The van der Waals surface area contributed by atoms with Crippen molar-refractivity contribution in [2.24, 2.45) is 0 Å². The van der Waals surface area contributed by atoms with Gasteiger partial charge in [-0.1, -0.05) is 31.0 Å². The summed E-state index contributed by atoms with van der Waals surface area (Å²) in [5.74, 6) is 0.537. The number of amides is 1. The first-order valence-corrected chi connectivity index (χ1v) is 9.65. The van der Waals surface area contributed by atoms with E-state index in [1.807, 2.05) is 30.3 Å². The van der Waals surface area contributed by atoms with Gasteiger partial charge in [-0.2, -0.15) is 0 Å². The lowest BCUT2D eigenvalue weighted by atomic mass is 10.1. The van der Waals surface area contributed by atoms with Crippen molar-refractivity contribution in [2.45, 2.75) is 25.7 Å². The maximum Gasteiger partial charge on any atom is 0.255 e. The molecule has 1 N–H and O–H groups in total. The summed E-state index contributed by atoms with van der Waals surface area (Å²) in [6, 6.07) is 15.3. The lowest BCUT2D eigenvalue weighted by Gasteiger charge is -2.25. The van der Waals surface area contributed by atoms with Gasteiger partial charge in [0.1, 0.15) is 12.4 Å². The lowest BCUT2D eigenvalue weighted by molar-refractivity contribution is 0.102. The predicted molar refractivity (Wildman–Crippen MR) is 109 cm³/mol. The van der Waals surface area contributed by atoms with Crippen LogP contribution in [-0.2, 0) is 4.74 Å². The summed E-state index contributed by atoms with van der Waals surface area (Å²) < 4.78 is 10.6. The molecule has 1 aliphatic heterocycles. The molecule has 3 rings (SSSR count). The number of hydrogen-bond acceptors (Lipinski definition) is 4. The van der Waals surface area contributed by atoms with E-state index in [4.69, 9.17) is 9.47 Å². The normalized spacial score (nSPS) is 14.5. The molecular formula is C22H28N2O3. The number of nitrogens with one attached hydrogen (secondary N) is 1. The topological polar surface area (TPSA) is 50.8 Å². The molecule has 5 heteroatoms. The molecule has 0 atom stereocenters.